The summed E-state index contributed by atoms with van der Waals surface area (Å²) < 4.78 is 5.86. The number of carbonyl (C=O) groups is 1. The summed E-state index contributed by atoms with van der Waals surface area (Å²) in [6, 6.07) is 5.87. The molecule has 1 aromatic carbocycles. The number of nitrogens with zero attached hydrogens (tertiary/aromatic N) is 2. The van der Waals surface area contributed by atoms with Crippen LogP contribution in [0.5, 0.6) is 5.95 Å². The number of carbonyl (C=O) groups excluding carboxylic acids is 1. The number of aryl methyl sites for hydroxylation is 3. The van der Waals surface area contributed by atoms with Crippen molar-refractivity contribution >= 4 is 23.4 Å². The SMILES string of the molecule is Cc1ccc(C)c(NC(=O)C(C)Sc2c([O-])on[n+]2C)c1. The van der Waals surface area contributed by atoms with E-state index in [0.717, 1.165) is 28.6 Å². The summed E-state index contributed by atoms with van der Waals surface area (Å²) in [5.74, 6) is -0.705. The molecule has 1 N–H and O–H groups in total. The van der Waals surface area contributed by atoms with Gasteiger partial charge in [-0.25, -0.2) is 0 Å². The normalized spacial score (nSPS) is 12.2. The van der Waals surface area contributed by atoms with Gasteiger partial charge < -0.3 is 14.9 Å². The van der Waals surface area contributed by atoms with Crippen LogP contribution in [0.15, 0.2) is 27.7 Å². The second-order valence-corrected chi connectivity index (χ2v) is 6.19. The lowest BCUT2D eigenvalue weighted by Gasteiger charge is -2.12. The summed E-state index contributed by atoms with van der Waals surface area (Å²) in [6.45, 7) is 5.63. The molecule has 0 bridgehead atoms. The zero-order valence-corrected chi connectivity index (χ0v) is 13.2. The summed E-state index contributed by atoms with van der Waals surface area (Å²) in [5, 5.41) is 17.7. The van der Waals surface area contributed by atoms with Crippen molar-refractivity contribution in [3.63, 3.8) is 0 Å². The van der Waals surface area contributed by atoms with Gasteiger partial charge in [0.05, 0.1) is 10.5 Å². The highest BCUT2D eigenvalue weighted by Crippen LogP contribution is 2.27. The number of rotatable bonds is 4. The third kappa shape index (κ3) is 3.55. The number of aromatic nitrogens is 2. The second kappa shape index (κ2) is 6.17. The molecule has 0 radical (unpaired) electrons. The molecule has 2 aromatic rings. The third-order valence-electron chi connectivity index (χ3n) is 3.02. The van der Waals surface area contributed by atoms with E-state index >= 15 is 0 Å². The Hall–Kier alpha value is -2.02. The Morgan fingerprint density at radius 1 is 1.48 bits per heavy atom. The van der Waals surface area contributed by atoms with E-state index in [-0.39, 0.29) is 5.91 Å². The first-order valence-electron chi connectivity index (χ1n) is 6.46. The minimum Gasteiger partial charge on any atom is -0.538 e. The van der Waals surface area contributed by atoms with E-state index < -0.39 is 11.2 Å². The van der Waals surface area contributed by atoms with Gasteiger partial charge >= 0.3 is 0 Å². The predicted molar refractivity (Wildman–Crippen MR) is 77.0 cm³/mol. The van der Waals surface area contributed by atoms with E-state index in [1.165, 1.54) is 4.68 Å². The molecule has 0 fully saturated rings. The highest BCUT2D eigenvalue weighted by molar-refractivity contribution is 8.00. The number of nitrogens with one attached hydrogen (secondary N) is 1. The van der Waals surface area contributed by atoms with Gasteiger partial charge in [-0.05, 0) is 49.7 Å². The molecule has 1 aromatic heterocycles. The number of thioether (sulfide) groups is 1. The maximum atomic E-state index is 12.2. The Bertz CT molecular complexity index is 650. The molecule has 0 saturated carbocycles. The maximum absolute atomic E-state index is 12.2. The minimum absolute atomic E-state index is 0.172. The minimum atomic E-state index is -0.533. The Morgan fingerprint density at radius 2 is 2.19 bits per heavy atom. The van der Waals surface area contributed by atoms with Crippen LogP contribution < -0.4 is 15.1 Å². The van der Waals surface area contributed by atoms with Crippen molar-refractivity contribution in [1.82, 2.24) is 5.27 Å². The molecule has 1 heterocycles. The molecule has 1 unspecified atom stereocenters. The highest BCUT2D eigenvalue weighted by Gasteiger charge is 2.23. The maximum Gasteiger partial charge on any atom is 0.291 e. The van der Waals surface area contributed by atoms with Crippen molar-refractivity contribution < 1.29 is 19.1 Å². The van der Waals surface area contributed by atoms with Gasteiger partial charge in [0.25, 0.3) is 5.03 Å². The first-order valence-corrected chi connectivity index (χ1v) is 7.34. The van der Waals surface area contributed by atoms with Crippen molar-refractivity contribution in [2.24, 2.45) is 7.05 Å². The first-order chi connectivity index (χ1) is 9.88. The standard InChI is InChI=1S/C14H17N3O3S/c1-8-5-6-9(2)11(7-8)15-12(18)10(3)21-13-14(19)20-16-17(13)4/h5-7,10H,1-4H3,(H-,15,16,18,19). The number of amides is 1. The van der Waals surface area contributed by atoms with Gasteiger partial charge in [-0.1, -0.05) is 16.8 Å². The van der Waals surface area contributed by atoms with Crippen LogP contribution in [0.2, 0.25) is 0 Å². The molecular weight excluding hydrogens is 290 g/mol. The van der Waals surface area contributed by atoms with Gasteiger partial charge in [-0.3, -0.25) is 4.79 Å². The van der Waals surface area contributed by atoms with E-state index in [4.69, 9.17) is 0 Å². The van der Waals surface area contributed by atoms with Crippen LogP contribution in [0.4, 0.5) is 5.69 Å². The summed E-state index contributed by atoms with van der Waals surface area (Å²) in [4.78, 5) is 12.2. The van der Waals surface area contributed by atoms with E-state index in [1.807, 2.05) is 32.0 Å². The number of benzene rings is 1. The zero-order chi connectivity index (χ0) is 15.6. The van der Waals surface area contributed by atoms with Gasteiger partial charge in [-0.2, -0.15) is 0 Å². The molecule has 6 nitrogen and oxygen atoms in total. The van der Waals surface area contributed by atoms with Crippen molar-refractivity contribution in [3.05, 3.63) is 29.3 Å². The monoisotopic (exact) mass is 307 g/mol. The van der Waals surface area contributed by atoms with Crippen molar-refractivity contribution in [2.75, 3.05) is 5.32 Å². The lowest BCUT2D eigenvalue weighted by molar-refractivity contribution is -0.772. The largest absolute Gasteiger partial charge is 0.538 e. The smallest absolute Gasteiger partial charge is 0.291 e. The molecule has 0 saturated heterocycles. The molecule has 2 rings (SSSR count). The molecule has 21 heavy (non-hydrogen) atoms. The second-order valence-electron chi connectivity index (χ2n) is 4.86. The molecule has 0 aliphatic carbocycles. The van der Waals surface area contributed by atoms with Crippen molar-refractivity contribution in [3.8, 4) is 5.95 Å². The van der Waals surface area contributed by atoms with Crippen LogP contribution >= 0.6 is 11.8 Å². The highest BCUT2D eigenvalue weighted by atomic mass is 32.2. The van der Waals surface area contributed by atoms with Gasteiger partial charge in [0, 0.05) is 5.69 Å². The van der Waals surface area contributed by atoms with Crippen molar-refractivity contribution in [1.29, 1.82) is 0 Å². The topological polar surface area (TPSA) is 82.1 Å². The lowest BCUT2D eigenvalue weighted by Crippen LogP contribution is -2.33. The molecule has 0 aliphatic heterocycles. The molecular formula is C14H17N3O3S. The fourth-order valence-corrected chi connectivity index (χ4v) is 2.58. The molecule has 0 spiro atoms. The fourth-order valence-electron chi connectivity index (χ4n) is 1.76. The molecule has 0 aliphatic rings. The van der Waals surface area contributed by atoms with Gasteiger partial charge in [0.15, 0.2) is 13.0 Å². The van der Waals surface area contributed by atoms with Crippen LogP contribution in [-0.2, 0) is 11.8 Å². The molecule has 7 heteroatoms. The summed E-state index contributed by atoms with van der Waals surface area (Å²) in [5.41, 5.74) is 2.85. The summed E-state index contributed by atoms with van der Waals surface area (Å²) >= 11 is 1.12. The van der Waals surface area contributed by atoms with Crippen molar-refractivity contribution in [2.45, 2.75) is 31.0 Å². The van der Waals surface area contributed by atoms with Gasteiger partial charge in [0.1, 0.15) is 0 Å². The van der Waals surface area contributed by atoms with E-state index in [0.29, 0.717) is 5.03 Å². The fraction of sp³-hybridized carbons (Fsp3) is 0.357. The predicted octanol–water partition coefficient (Wildman–Crippen LogP) is 1.31. The zero-order valence-electron chi connectivity index (χ0n) is 12.3. The third-order valence-corrected chi connectivity index (χ3v) is 4.25. The van der Waals surface area contributed by atoms with Crippen LogP contribution in [0.1, 0.15) is 18.1 Å². The van der Waals surface area contributed by atoms with Gasteiger partial charge in [-0.15, -0.1) is 0 Å². The Balaban J connectivity index is 2.08. The first kappa shape index (κ1) is 15.4. The Labute approximate surface area is 127 Å². The average Bonchev–Trinajstić information content (AvgIpc) is 2.74. The van der Waals surface area contributed by atoms with E-state index in [9.17, 15) is 9.90 Å². The summed E-state index contributed by atoms with van der Waals surface area (Å²) in [6.07, 6.45) is 0. The Morgan fingerprint density at radius 3 is 2.81 bits per heavy atom. The van der Waals surface area contributed by atoms with Crippen LogP contribution in [0, 0.1) is 13.8 Å². The number of anilines is 1. The molecule has 1 amide bonds. The number of hydrogen-bond donors (Lipinski definition) is 1. The van der Waals surface area contributed by atoms with E-state index in [1.54, 1.807) is 14.0 Å². The summed E-state index contributed by atoms with van der Waals surface area (Å²) in [7, 11) is 1.60. The lowest BCUT2D eigenvalue weighted by atomic mass is 10.1. The molecule has 1 atom stereocenters. The number of hydrogen-bond acceptors (Lipinski definition) is 5. The molecule has 112 valence electrons. The van der Waals surface area contributed by atoms with Crippen LogP contribution in [0.3, 0.4) is 0 Å². The average molecular weight is 307 g/mol. The quantitative estimate of drug-likeness (QED) is 0.680. The van der Waals surface area contributed by atoms with Gasteiger partial charge in [0.2, 0.25) is 5.91 Å². The van der Waals surface area contributed by atoms with E-state index in [2.05, 4.69) is 15.1 Å². The Kier molecular flexibility index (Phi) is 4.52. The van der Waals surface area contributed by atoms with Crippen LogP contribution in [-0.4, -0.2) is 16.4 Å². The van der Waals surface area contributed by atoms with Crippen LogP contribution in [0.25, 0.3) is 0 Å².